The fourth-order valence-corrected chi connectivity index (χ4v) is 4.73. The Morgan fingerprint density at radius 2 is 1.91 bits per heavy atom. The van der Waals surface area contributed by atoms with Crippen LogP contribution in [0, 0.1) is 0 Å². The average molecular weight is 464 g/mol. The first-order valence-corrected chi connectivity index (χ1v) is 11.7. The number of benzene rings is 3. The molecule has 32 heavy (non-hydrogen) atoms. The van der Waals surface area contributed by atoms with Crippen LogP contribution in [0.3, 0.4) is 0 Å². The zero-order valence-electron chi connectivity index (χ0n) is 17.4. The quantitative estimate of drug-likeness (QED) is 0.212. The molecular weight excluding hydrogens is 442 g/mol. The summed E-state index contributed by atoms with van der Waals surface area (Å²) in [5.74, 6) is 1.29. The van der Waals surface area contributed by atoms with Gasteiger partial charge < -0.3 is 9.47 Å². The van der Waals surface area contributed by atoms with E-state index in [0.717, 1.165) is 25.7 Å². The van der Waals surface area contributed by atoms with E-state index in [2.05, 4.69) is 15.5 Å². The van der Waals surface area contributed by atoms with E-state index in [1.54, 1.807) is 24.7 Å². The van der Waals surface area contributed by atoms with Gasteiger partial charge in [-0.2, -0.15) is 5.10 Å². The molecule has 0 unspecified atom stereocenters. The molecule has 1 amide bonds. The van der Waals surface area contributed by atoms with Crippen LogP contribution in [0.4, 0.5) is 0 Å². The molecule has 0 saturated heterocycles. The number of thioether (sulfide) groups is 1. The van der Waals surface area contributed by atoms with E-state index in [-0.39, 0.29) is 11.7 Å². The van der Waals surface area contributed by atoms with Crippen LogP contribution in [-0.2, 0) is 11.4 Å². The van der Waals surface area contributed by atoms with E-state index in [0.29, 0.717) is 18.1 Å². The molecule has 0 radical (unpaired) electrons. The highest BCUT2D eigenvalue weighted by molar-refractivity contribution is 8.01. The summed E-state index contributed by atoms with van der Waals surface area (Å²) in [5.41, 5.74) is 5.36. The maximum absolute atomic E-state index is 12.1. The average Bonchev–Trinajstić information content (AvgIpc) is 3.25. The maximum atomic E-state index is 12.1. The molecule has 0 saturated carbocycles. The van der Waals surface area contributed by atoms with Crippen LogP contribution in [0.2, 0.25) is 0 Å². The first-order chi connectivity index (χ1) is 15.7. The number of hydrogen-bond acceptors (Lipinski definition) is 7. The summed E-state index contributed by atoms with van der Waals surface area (Å²) in [5, 5.41) is 4.04. The summed E-state index contributed by atoms with van der Waals surface area (Å²) in [7, 11) is 1.59. The van der Waals surface area contributed by atoms with E-state index in [4.69, 9.17) is 9.47 Å². The molecule has 0 atom stereocenters. The van der Waals surface area contributed by atoms with Crippen molar-refractivity contribution < 1.29 is 14.3 Å². The first-order valence-electron chi connectivity index (χ1n) is 9.86. The number of carbonyl (C=O) groups excluding carboxylic acids is 1. The third-order valence-corrected chi connectivity index (χ3v) is 6.61. The van der Waals surface area contributed by atoms with Gasteiger partial charge >= 0.3 is 0 Å². The number of para-hydroxylation sites is 1. The van der Waals surface area contributed by atoms with Crippen molar-refractivity contribution in [2.24, 2.45) is 5.10 Å². The van der Waals surface area contributed by atoms with E-state index in [1.165, 1.54) is 11.8 Å². The largest absolute Gasteiger partial charge is 0.493 e. The number of hydrazone groups is 1. The number of nitrogens with zero attached hydrogens (tertiary/aromatic N) is 2. The van der Waals surface area contributed by atoms with Crippen molar-refractivity contribution >= 4 is 45.4 Å². The SMILES string of the molecule is COc1cc(C=NNC(=O)CSc2nc3ccccc3s2)ccc1OCc1ccccc1. The minimum absolute atomic E-state index is 0.194. The predicted octanol–water partition coefficient (Wildman–Crippen LogP) is 5.13. The number of aromatic nitrogens is 1. The standard InChI is InChI=1S/C24H21N3O3S2/c1-29-21-13-18(11-12-20(21)30-15-17-7-3-2-4-8-17)14-25-27-23(28)16-31-24-26-19-9-5-6-10-22(19)32-24/h2-14H,15-16H2,1H3,(H,27,28). The lowest BCUT2D eigenvalue weighted by atomic mass is 10.2. The van der Waals surface area contributed by atoms with Crippen LogP contribution in [0.1, 0.15) is 11.1 Å². The Kier molecular flexibility index (Phi) is 7.37. The summed E-state index contributed by atoms with van der Waals surface area (Å²) in [6.07, 6.45) is 1.57. The Bertz CT molecular complexity index is 1190. The number of methoxy groups -OCH3 is 1. The summed E-state index contributed by atoms with van der Waals surface area (Å²) in [4.78, 5) is 16.6. The molecule has 1 N–H and O–H groups in total. The molecular formula is C24H21N3O3S2. The van der Waals surface area contributed by atoms with E-state index in [1.807, 2.05) is 72.8 Å². The fourth-order valence-electron chi connectivity index (χ4n) is 2.87. The molecule has 0 fully saturated rings. The lowest BCUT2D eigenvalue weighted by Gasteiger charge is -2.11. The van der Waals surface area contributed by atoms with Gasteiger partial charge in [-0.3, -0.25) is 4.79 Å². The monoisotopic (exact) mass is 463 g/mol. The fraction of sp³-hybridized carbons (Fsp3) is 0.125. The number of rotatable bonds is 9. The number of amides is 1. The normalized spacial score (nSPS) is 11.0. The van der Waals surface area contributed by atoms with Gasteiger partial charge in [0.15, 0.2) is 15.8 Å². The molecule has 1 heterocycles. The molecule has 0 aliphatic rings. The van der Waals surface area contributed by atoms with Crippen molar-refractivity contribution in [2.45, 2.75) is 10.9 Å². The zero-order chi connectivity index (χ0) is 22.2. The van der Waals surface area contributed by atoms with Crippen molar-refractivity contribution in [1.29, 1.82) is 0 Å². The van der Waals surface area contributed by atoms with Crippen molar-refractivity contribution in [3.05, 3.63) is 83.9 Å². The molecule has 6 nitrogen and oxygen atoms in total. The number of fused-ring (bicyclic) bond motifs is 1. The Balaban J connectivity index is 1.28. The van der Waals surface area contributed by atoms with E-state index < -0.39 is 0 Å². The molecule has 3 aromatic carbocycles. The Morgan fingerprint density at radius 1 is 1.09 bits per heavy atom. The maximum Gasteiger partial charge on any atom is 0.250 e. The Morgan fingerprint density at radius 3 is 2.72 bits per heavy atom. The molecule has 0 aliphatic heterocycles. The number of thiazole rings is 1. The van der Waals surface area contributed by atoms with Gasteiger partial charge in [0, 0.05) is 0 Å². The van der Waals surface area contributed by atoms with Crippen molar-refractivity contribution in [1.82, 2.24) is 10.4 Å². The second kappa shape index (κ2) is 10.8. The second-order valence-corrected chi connectivity index (χ2v) is 8.97. The molecule has 4 rings (SSSR count). The van der Waals surface area contributed by atoms with E-state index >= 15 is 0 Å². The Hall–Kier alpha value is -3.36. The highest BCUT2D eigenvalue weighted by Crippen LogP contribution is 2.29. The van der Waals surface area contributed by atoms with Crippen LogP contribution < -0.4 is 14.9 Å². The van der Waals surface area contributed by atoms with Crippen molar-refractivity contribution in [3.8, 4) is 11.5 Å². The second-order valence-electron chi connectivity index (χ2n) is 6.71. The minimum atomic E-state index is -0.194. The number of carbonyl (C=O) groups is 1. The molecule has 162 valence electrons. The topological polar surface area (TPSA) is 72.8 Å². The van der Waals surface area contributed by atoms with Gasteiger partial charge in [-0.1, -0.05) is 54.2 Å². The molecule has 0 spiro atoms. The van der Waals surface area contributed by atoms with E-state index in [9.17, 15) is 4.79 Å². The van der Waals surface area contributed by atoms with Crippen LogP contribution in [-0.4, -0.2) is 30.0 Å². The number of ether oxygens (including phenoxy) is 2. The lowest BCUT2D eigenvalue weighted by molar-refractivity contribution is -0.118. The van der Waals surface area contributed by atoms with Crippen LogP contribution >= 0.6 is 23.1 Å². The van der Waals surface area contributed by atoms with Crippen LogP contribution in [0.15, 0.2) is 82.2 Å². The zero-order valence-corrected chi connectivity index (χ0v) is 19.0. The van der Waals surface area contributed by atoms with Gasteiger partial charge in [0.2, 0.25) is 0 Å². The van der Waals surface area contributed by atoms with Gasteiger partial charge in [0.25, 0.3) is 5.91 Å². The smallest absolute Gasteiger partial charge is 0.250 e. The number of nitrogens with one attached hydrogen (secondary N) is 1. The van der Waals surface area contributed by atoms with Crippen LogP contribution in [0.25, 0.3) is 10.2 Å². The highest BCUT2D eigenvalue weighted by atomic mass is 32.2. The lowest BCUT2D eigenvalue weighted by Crippen LogP contribution is -2.19. The van der Waals surface area contributed by atoms with Gasteiger partial charge in [0.05, 0.1) is 29.3 Å². The molecule has 0 bridgehead atoms. The first kappa shape index (κ1) is 21.9. The van der Waals surface area contributed by atoms with Crippen LogP contribution in [0.5, 0.6) is 11.5 Å². The molecule has 1 aromatic heterocycles. The molecule has 4 aromatic rings. The Labute approximate surface area is 194 Å². The van der Waals surface area contributed by atoms with Gasteiger partial charge in [-0.25, -0.2) is 10.4 Å². The predicted molar refractivity (Wildman–Crippen MR) is 130 cm³/mol. The van der Waals surface area contributed by atoms with Crippen molar-refractivity contribution in [2.75, 3.05) is 12.9 Å². The summed E-state index contributed by atoms with van der Waals surface area (Å²) in [6.45, 7) is 0.451. The molecule has 8 heteroatoms. The molecule has 0 aliphatic carbocycles. The van der Waals surface area contributed by atoms with Gasteiger partial charge in [-0.05, 0) is 41.5 Å². The highest BCUT2D eigenvalue weighted by Gasteiger charge is 2.08. The van der Waals surface area contributed by atoms with Gasteiger partial charge in [-0.15, -0.1) is 11.3 Å². The number of hydrogen-bond donors (Lipinski definition) is 1. The third kappa shape index (κ3) is 5.87. The third-order valence-electron chi connectivity index (χ3n) is 4.43. The summed E-state index contributed by atoms with van der Waals surface area (Å²) in [6, 6.07) is 23.3. The summed E-state index contributed by atoms with van der Waals surface area (Å²) >= 11 is 2.97. The minimum Gasteiger partial charge on any atom is -0.493 e. The summed E-state index contributed by atoms with van der Waals surface area (Å²) < 4.78 is 13.3. The van der Waals surface area contributed by atoms with Crippen molar-refractivity contribution in [3.63, 3.8) is 0 Å². The van der Waals surface area contributed by atoms with Gasteiger partial charge in [0.1, 0.15) is 6.61 Å².